The molecule has 11 nitrogen and oxygen atoms in total. The third-order valence-electron chi connectivity index (χ3n) is 8.58. The number of nitrogens with zero attached hydrogens (tertiary/aromatic N) is 1. The van der Waals surface area contributed by atoms with Gasteiger partial charge in [-0.1, -0.05) is 33.8 Å². The molecule has 5 rings (SSSR count). The summed E-state index contributed by atoms with van der Waals surface area (Å²) in [6.07, 6.45) is 1.62. The van der Waals surface area contributed by atoms with Gasteiger partial charge in [0.15, 0.2) is 11.5 Å². The van der Waals surface area contributed by atoms with Crippen LogP contribution < -0.4 is 35.6 Å². The minimum absolute atomic E-state index is 0.156. The van der Waals surface area contributed by atoms with Crippen LogP contribution in [-0.4, -0.2) is 49.2 Å². The standard InChI is InChI=1S/C37H45N5O6/c1-19(2)15-30(37(45)39-23-10-13-27-29(17-23)42-36(41-27)20(3)4)40-28-14-11-24-25(18-31(28)44)26(38-21(5)43)12-9-22-16-32(46-6)34(47-7)35(48-8)33(22)24/h10-11,13-14,16-20,26,30H,9,12,15H2,1-8H3,(H,38,43)(H,39,45)(H,40,44)(H,41,42). The lowest BCUT2D eigenvalue weighted by Gasteiger charge is -2.20. The zero-order valence-electron chi connectivity index (χ0n) is 28.9. The summed E-state index contributed by atoms with van der Waals surface area (Å²) in [6, 6.07) is 11.4. The van der Waals surface area contributed by atoms with E-state index in [1.165, 1.54) is 6.92 Å². The number of ether oxygens (including phenoxy) is 3. The molecule has 2 unspecified atom stereocenters. The number of fused-ring (bicyclic) bond motifs is 4. The van der Waals surface area contributed by atoms with Crippen LogP contribution in [0.25, 0.3) is 22.2 Å². The predicted octanol–water partition coefficient (Wildman–Crippen LogP) is 6.33. The van der Waals surface area contributed by atoms with E-state index in [0.717, 1.165) is 28.0 Å². The van der Waals surface area contributed by atoms with Gasteiger partial charge in [-0.15, -0.1) is 0 Å². The summed E-state index contributed by atoms with van der Waals surface area (Å²) in [5.41, 5.74) is 5.28. The summed E-state index contributed by atoms with van der Waals surface area (Å²) in [6.45, 7) is 9.65. The van der Waals surface area contributed by atoms with E-state index in [9.17, 15) is 14.4 Å². The highest BCUT2D eigenvalue weighted by molar-refractivity contribution is 5.98. The molecule has 2 amide bonds. The van der Waals surface area contributed by atoms with Crippen LogP contribution in [0, 0.1) is 5.92 Å². The summed E-state index contributed by atoms with van der Waals surface area (Å²) >= 11 is 0. The lowest BCUT2D eigenvalue weighted by Crippen LogP contribution is -2.37. The maximum absolute atomic E-state index is 13.9. The Balaban J connectivity index is 1.56. The van der Waals surface area contributed by atoms with Gasteiger partial charge in [-0.05, 0) is 78.3 Å². The van der Waals surface area contributed by atoms with E-state index < -0.39 is 12.1 Å². The topological polar surface area (TPSA) is 144 Å². The number of nitrogens with one attached hydrogen (secondary N) is 4. The summed E-state index contributed by atoms with van der Waals surface area (Å²) in [5.74, 6) is 2.22. The average molecular weight is 656 g/mol. The highest BCUT2D eigenvalue weighted by atomic mass is 16.5. The number of hydrogen-bond donors (Lipinski definition) is 4. The lowest BCUT2D eigenvalue weighted by molar-refractivity contribution is -0.120. The lowest BCUT2D eigenvalue weighted by atomic mass is 9.95. The van der Waals surface area contributed by atoms with Crippen LogP contribution in [0.1, 0.15) is 76.4 Å². The first-order valence-corrected chi connectivity index (χ1v) is 16.3. The van der Waals surface area contributed by atoms with E-state index in [0.29, 0.717) is 53.3 Å². The van der Waals surface area contributed by atoms with E-state index >= 15 is 0 Å². The number of aryl methyl sites for hydroxylation is 1. The van der Waals surface area contributed by atoms with Crippen molar-refractivity contribution in [3.8, 4) is 28.4 Å². The summed E-state index contributed by atoms with van der Waals surface area (Å²) < 4.78 is 17.2. The molecule has 48 heavy (non-hydrogen) atoms. The van der Waals surface area contributed by atoms with Crippen LogP contribution in [0.3, 0.4) is 0 Å². The number of anilines is 2. The van der Waals surface area contributed by atoms with Gasteiger partial charge in [0.1, 0.15) is 11.9 Å². The number of aromatic nitrogens is 2. The first-order valence-electron chi connectivity index (χ1n) is 16.3. The molecule has 0 spiro atoms. The summed E-state index contributed by atoms with van der Waals surface area (Å²) in [7, 11) is 4.67. The molecular weight excluding hydrogens is 610 g/mol. The van der Waals surface area contributed by atoms with E-state index in [1.807, 2.05) is 44.2 Å². The zero-order chi connectivity index (χ0) is 34.7. The minimum Gasteiger partial charge on any atom is -0.493 e. The highest BCUT2D eigenvalue weighted by Gasteiger charge is 2.30. The Morgan fingerprint density at radius 2 is 1.73 bits per heavy atom. The van der Waals surface area contributed by atoms with Crippen molar-refractivity contribution in [3.63, 3.8) is 0 Å². The Morgan fingerprint density at radius 3 is 2.38 bits per heavy atom. The van der Waals surface area contributed by atoms with E-state index in [1.54, 1.807) is 33.5 Å². The van der Waals surface area contributed by atoms with Gasteiger partial charge in [-0.2, -0.15) is 0 Å². The molecule has 1 aliphatic rings. The van der Waals surface area contributed by atoms with Crippen LogP contribution in [0.5, 0.6) is 17.2 Å². The molecule has 4 aromatic rings. The summed E-state index contributed by atoms with van der Waals surface area (Å²) in [5, 5.41) is 9.31. The van der Waals surface area contributed by atoms with Gasteiger partial charge in [0.2, 0.25) is 23.0 Å². The number of aromatic amines is 1. The Kier molecular flexibility index (Phi) is 10.3. The summed E-state index contributed by atoms with van der Waals surface area (Å²) in [4.78, 5) is 48.0. The fourth-order valence-corrected chi connectivity index (χ4v) is 6.33. The molecule has 0 saturated carbocycles. The largest absolute Gasteiger partial charge is 0.493 e. The van der Waals surface area contributed by atoms with Gasteiger partial charge in [-0.3, -0.25) is 14.4 Å². The number of rotatable bonds is 11. The molecule has 1 aromatic heterocycles. The fourth-order valence-electron chi connectivity index (χ4n) is 6.33. The molecule has 2 atom stereocenters. The van der Waals surface area contributed by atoms with Crippen molar-refractivity contribution < 1.29 is 23.8 Å². The molecule has 1 aliphatic carbocycles. The Labute approximate surface area is 280 Å². The van der Waals surface area contributed by atoms with Gasteiger partial charge in [0.05, 0.1) is 44.1 Å². The maximum atomic E-state index is 13.9. The second-order valence-electron chi connectivity index (χ2n) is 12.9. The SMILES string of the molecule is COc1cc2c(c(OC)c1OC)-c1ccc(NC(CC(C)C)C(=O)Nc3ccc4nc(C(C)C)[nH]c4c3)c(=O)cc1C(NC(C)=O)CC2. The molecule has 3 aromatic carbocycles. The highest BCUT2D eigenvalue weighted by Crippen LogP contribution is 2.50. The first-order chi connectivity index (χ1) is 22.9. The second kappa shape index (κ2) is 14.4. The third kappa shape index (κ3) is 7.10. The number of H-pyrrole nitrogens is 1. The molecule has 1 heterocycles. The quantitative estimate of drug-likeness (QED) is 0.147. The average Bonchev–Trinajstić information content (AvgIpc) is 3.34. The van der Waals surface area contributed by atoms with Gasteiger partial charge in [0.25, 0.3) is 0 Å². The van der Waals surface area contributed by atoms with Crippen molar-refractivity contribution in [3.05, 3.63) is 69.6 Å². The number of imidazole rings is 1. The Morgan fingerprint density at radius 1 is 0.979 bits per heavy atom. The molecule has 0 fully saturated rings. The van der Waals surface area contributed by atoms with Crippen LogP contribution in [0.2, 0.25) is 0 Å². The van der Waals surface area contributed by atoms with Crippen molar-refractivity contribution in [2.45, 2.75) is 71.9 Å². The van der Waals surface area contributed by atoms with Gasteiger partial charge < -0.3 is 35.1 Å². The maximum Gasteiger partial charge on any atom is 0.246 e. The van der Waals surface area contributed by atoms with Crippen LogP contribution >= 0.6 is 0 Å². The molecule has 0 saturated heterocycles. The van der Waals surface area contributed by atoms with Crippen molar-refractivity contribution >= 4 is 34.2 Å². The number of amides is 2. The Hall–Kier alpha value is -5.06. The fraction of sp³-hybridized carbons (Fsp3) is 0.405. The zero-order valence-corrected chi connectivity index (χ0v) is 28.9. The number of carbonyl (C=O) groups is 2. The van der Waals surface area contributed by atoms with Crippen LogP contribution in [-0.2, 0) is 16.0 Å². The van der Waals surface area contributed by atoms with E-state index in [-0.39, 0.29) is 34.8 Å². The van der Waals surface area contributed by atoms with Gasteiger partial charge in [-0.25, -0.2) is 4.98 Å². The first kappa shape index (κ1) is 34.3. The number of carbonyl (C=O) groups excluding carboxylic acids is 2. The number of methoxy groups -OCH3 is 3. The number of hydrogen-bond acceptors (Lipinski definition) is 8. The van der Waals surface area contributed by atoms with E-state index in [4.69, 9.17) is 14.2 Å². The molecule has 0 bridgehead atoms. The monoisotopic (exact) mass is 655 g/mol. The smallest absolute Gasteiger partial charge is 0.246 e. The van der Waals surface area contributed by atoms with Crippen LogP contribution in [0.4, 0.5) is 11.4 Å². The third-order valence-corrected chi connectivity index (χ3v) is 8.58. The molecule has 4 N–H and O–H groups in total. The van der Waals surface area contributed by atoms with Crippen molar-refractivity contribution in [2.24, 2.45) is 5.92 Å². The van der Waals surface area contributed by atoms with Crippen molar-refractivity contribution in [2.75, 3.05) is 32.0 Å². The molecular formula is C37H45N5O6. The molecule has 0 aliphatic heterocycles. The van der Waals surface area contributed by atoms with Crippen molar-refractivity contribution in [1.82, 2.24) is 15.3 Å². The predicted molar refractivity (Wildman–Crippen MR) is 188 cm³/mol. The second-order valence-corrected chi connectivity index (χ2v) is 12.9. The molecule has 0 radical (unpaired) electrons. The van der Waals surface area contributed by atoms with Crippen LogP contribution in [0.15, 0.2) is 47.3 Å². The van der Waals surface area contributed by atoms with E-state index in [2.05, 4.69) is 39.8 Å². The molecule has 254 valence electrons. The molecule has 11 heteroatoms. The van der Waals surface area contributed by atoms with Gasteiger partial charge >= 0.3 is 0 Å². The minimum atomic E-state index is -0.707. The van der Waals surface area contributed by atoms with Crippen molar-refractivity contribution in [1.29, 1.82) is 0 Å². The number of benzene rings is 2. The Bertz CT molecular complexity index is 1900. The van der Waals surface area contributed by atoms with Gasteiger partial charge in [0, 0.05) is 24.1 Å². The normalized spacial score (nSPS) is 14.5.